The molecule has 0 spiro atoms. The maximum Gasteiger partial charge on any atom is 0.224 e. The van der Waals surface area contributed by atoms with Crippen molar-refractivity contribution in [2.45, 2.75) is 19.3 Å². The van der Waals surface area contributed by atoms with E-state index in [0.29, 0.717) is 13.0 Å². The van der Waals surface area contributed by atoms with Crippen LogP contribution in [-0.2, 0) is 11.2 Å². The summed E-state index contributed by atoms with van der Waals surface area (Å²) in [4.78, 5) is 11.5. The number of benzene rings is 1. The van der Waals surface area contributed by atoms with Crippen molar-refractivity contribution in [1.82, 2.24) is 0 Å². The van der Waals surface area contributed by atoms with E-state index in [2.05, 4.69) is 23.7 Å². The minimum Gasteiger partial charge on any atom is -0.330 e. The number of carbonyl (C=O) groups is 1. The second kappa shape index (κ2) is 10.2. The number of carbonyl (C=O) groups excluding carboxylic acids is 1. The number of nitrogens with one attached hydrogen (secondary N) is 1. The van der Waals surface area contributed by atoms with E-state index in [4.69, 9.17) is 5.73 Å². The summed E-state index contributed by atoms with van der Waals surface area (Å²) >= 11 is 1.84. The maximum absolute atomic E-state index is 11.5. The van der Waals surface area contributed by atoms with Gasteiger partial charge in [0.2, 0.25) is 5.91 Å². The lowest BCUT2D eigenvalue weighted by molar-refractivity contribution is -0.116. The van der Waals surface area contributed by atoms with Gasteiger partial charge in [-0.05, 0) is 49.1 Å². The third-order valence-corrected chi connectivity index (χ3v) is 3.05. The van der Waals surface area contributed by atoms with Crippen LogP contribution in [0.3, 0.4) is 0 Å². The zero-order chi connectivity index (χ0) is 12.5. The quantitative estimate of drug-likeness (QED) is 0.811. The molecule has 0 bridgehead atoms. The summed E-state index contributed by atoms with van der Waals surface area (Å²) in [7, 11) is 0. The van der Waals surface area contributed by atoms with Crippen LogP contribution in [0, 0.1) is 0 Å². The highest BCUT2D eigenvalue weighted by Gasteiger charge is 2.01. The van der Waals surface area contributed by atoms with Gasteiger partial charge in [-0.1, -0.05) is 12.1 Å². The Hall–Kier alpha value is -0.710. The van der Waals surface area contributed by atoms with E-state index in [-0.39, 0.29) is 18.3 Å². The monoisotopic (exact) mass is 288 g/mol. The van der Waals surface area contributed by atoms with Gasteiger partial charge in [0.25, 0.3) is 0 Å². The van der Waals surface area contributed by atoms with E-state index < -0.39 is 0 Å². The number of rotatable bonds is 7. The minimum atomic E-state index is 0. The topological polar surface area (TPSA) is 55.1 Å². The average Bonchev–Trinajstić information content (AvgIpc) is 2.35. The van der Waals surface area contributed by atoms with Crippen molar-refractivity contribution < 1.29 is 4.79 Å². The van der Waals surface area contributed by atoms with Gasteiger partial charge >= 0.3 is 0 Å². The van der Waals surface area contributed by atoms with Crippen LogP contribution >= 0.6 is 24.2 Å². The average molecular weight is 289 g/mol. The molecule has 0 heterocycles. The first-order valence-corrected chi connectivity index (χ1v) is 7.23. The zero-order valence-corrected chi connectivity index (χ0v) is 12.3. The van der Waals surface area contributed by atoms with Crippen molar-refractivity contribution in [3.05, 3.63) is 29.8 Å². The van der Waals surface area contributed by atoms with Gasteiger partial charge in [0, 0.05) is 12.1 Å². The molecule has 3 nitrogen and oxygen atoms in total. The van der Waals surface area contributed by atoms with E-state index in [0.717, 1.165) is 24.3 Å². The number of anilines is 1. The van der Waals surface area contributed by atoms with E-state index in [1.54, 1.807) is 0 Å². The van der Waals surface area contributed by atoms with Crippen LogP contribution in [0.4, 0.5) is 5.69 Å². The molecule has 1 aromatic rings. The van der Waals surface area contributed by atoms with Gasteiger partial charge < -0.3 is 11.1 Å². The molecule has 1 rings (SSSR count). The molecule has 1 aromatic carbocycles. The van der Waals surface area contributed by atoms with Crippen LogP contribution in [0.15, 0.2) is 24.3 Å². The van der Waals surface area contributed by atoms with Crippen LogP contribution in [0.5, 0.6) is 0 Å². The Morgan fingerprint density at radius 2 is 2.00 bits per heavy atom. The van der Waals surface area contributed by atoms with Crippen molar-refractivity contribution in [3.63, 3.8) is 0 Å². The van der Waals surface area contributed by atoms with Gasteiger partial charge in [-0.3, -0.25) is 4.79 Å². The zero-order valence-electron chi connectivity index (χ0n) is 10.6. The molecular formula is C13H21ClN2OS. The minimum absolute atomic E-state index is 0. The highest BCUT2D eigenvalue weighted by Crippen LogP contribution is 2.11. The highest BCUT2D eigenvalue weighted by molar-refractivity contribution is 7.98. The maximum atomic E-state index is 11.5. The molecule has 0 atom stereocenters. The van der Waals surface area contributed by atoms with Crippen molar-refractivity contribution in [3.8, 4) is 0 Å². The van der Waals surface area contributed by atoms with Crippen LogP contribution in [0.25, 0.3) is 0 Å². The number of amides is 1. The molecule has 0 saturated carbocycles. The molecule has 0 unspecified atom stereocenters. The molecule has 0 saturated heterocycles. The Labute approximate surface area is 119 Å². The second-order valence-corrected chi connectivity index (χ2v) is 4.87. The van der Waals surface area contributed by atoms with Gasteiger partial charge in [0.05, 0.1) is 0 Å². The summed E-state index contributed by atoms with van der Waals surface area (Å²) in [5.41, 5.74) is 7.52. The largest absolute Gasteiger partial charge is 0.330 e. The molecule has 0 aliphatic carbocycles. The van der Waals surface area contributed by atoms with Crippen molar-refractivity contribution in [2.24, 2.45) is 5.73 Å². The molecular weight excluding hydrogens is 268 g/mol. The number of nitrogens with two attached hydrogens (primary N) is 1. The van der Waals surface area contributed by atoms with Crippen molar-refractivity contribution in [1.29, 1.82) is 0 Å². The van der Waals surface area contributed by atoms with E-state index in [1.807, 2.05) is 23.9 Å². The van der Waals surface area contributed by atoms with Crippen LogP contribution < -0.4 is 11.1 Å². The Bertz CT molecular complexity index is 343. The molecule has 0 fully saturated rings. The lowest BCUT2D eigenvalue weighted by atomic mass is 10.1. The summed E-state index contributed by atoms with van der Waals surface area (Å²) < 4.78 is 0. The molecule has 0 aliphatic heterocycles. The summed E-state index contributed by atoms with van der Waals surface area (Å²) in [6.07, 6.45) is 4.40. The second-order valence-electron chi connectivity index (χ2n) is 3.88. The number of hydrogen-bond acceptors (Lipinski definition) is 3. The van der Waals surface area contributed by atoms with Gasteiger partial charge in [-0.15, -0.1) is 12.4 Å². The Morgan fingerprint density at radius 3 is 2.56 bits per heavy atom. The fraction of sp³-hybridized carbons (Fsp3) is 0.462. The molecule has 3 N–H and O–H groups in total. The number of aryl methyl sites for hydroxylation is 1. The van der Waals surface area contributed by atoms with Crippen molar-refractivity contribution >= 4 is 35.8 Å². The SMILES string of the molecule is CSCCc1ccc(NC(=O)CCCN)cc1.Cl. The summed E-state index contributed by atoms with van der Waals surface area (Å²) in [5, 5.41) is 2.86. The Kier molecular flexibility index (Phi) is 9.83. The fourth-order valence-electron chi connectivity index (χ4n) is 1.46. The van der Waals surface area contributed by atoms with E-state index in [9.17, 15) is 4.79 Å². The summed E-state index contributed by atoms with van der Waals surface area (Å²) in [6, 6.07) is 8.04. The first kappa shape index (κ1) is 17.3. The van der Waals surface area contributed by atoms with Gasteiger partial charge in [0.15, 0.2) is 0 Å². The van der Waals surface area contributed by atoms with Crippen LogP contribution in [0.1, 0.15) is 18.4 Å². The first-order valence-electron chi connectivity index (χ1n) is 5.84. The predicted molar refractivity (Wildman–Crippen MR) is 82.7 cm³/mol. The standard InChI is InChI=1S/C13H20N2OS.ClH/c1-17-10-8-11-4-6-12(7-5-11)15-13(16)3-2-9-14;/h4-7H,2-3,8-10,14H2,1H3,(H,15,16);1H. The Morgan fingerprint density at radius 1 is 1.33 bits per heavy atom. The number of hydrogen-bond donors (Lipinski definition) is 2. The third kappa shape index (κ3) is 6.89. The first-order chi connectivity index (χ1) is 8.26. The van der Waals surface area contributed by atoms with Crippen LogP contribution in [0.2, 0.25) is 0 Å². The lowest BCUT2D eigenvalue weighted by Crippen LogP contribution is -2.13. The van der Waals surface area contributed by atoms with Crippen molar-refractivity contribution in [2.75, 3.05) is 23.9 Å². The van der Waals surface area contributed by atoms with Gasteiger partial charge in [-0.25, -0.2) is 0 Å². The predicted octanol–water partition coefficient (Wildman–Crippen LogP) is 2.69. The Balaban J connectivity index is 0.00000289. The molecule has 1 amide bonds. The molecule has 0 aromatic heterocycles. The molecule has 5 heteroatoms. The number of thioether (sulfide) groups is 1. The normalized spacial score (nSPS) is 9.67. The smallest absolute Gasteiger partial charge is 0.224 e. The fourth-order valence-corrected chi connectivity index (χ4v) is 1.90. The van der Waals surface area contributed by atoms with Gasteiger partial charge in [-0.2, -0.15) is 11.8 Å². The summed E-state index contributed by atoms with van der Waals surface area (Å²) in [5.74, 6) is 1.16. The molecule has 0 aliphatic rings. The molecule has 0 radical (unpaired) electrons. The molecule has 18 heavy (non-hydrogen) atoms. The summed E-state index contributed by atoms with van der Waals surface area (Å²) in [6.45, 7) is 0.557. The molecule has 102 valence electrons. The lowest BCUT2D eigenvalue weighted by Gasteiger charge is -2.06. The van der Waals surface area contributed by atoms with E-state index in [1.165, 1.54) is 5.56 Å². The van der Waals surface area contributed by atoms with Gasteiger partial charge in [0.1, 0.15) is 0 Å². The number of halogens is 1. The highest BCUT2D eigenvalue weighted by atomic mass is 35.5. The van der Waals surface area contributed by atoms with E-state index >= 15 is 0 Å². The van der Waals surface area contributed by atoms with Crippen LogP contribution in [-0.4, -0.2) is 24.5 Å². The third-order valence-electron chi connectivity index (χ3n) is 2.44.